The first-order valence-corrected chi connectivity index (χ1v) is 10.3. The number of esters is 1. The average Bonchev–Trinajstić information content (AvgIpc) is 3.17. The molecule has 0 saturated heterocycles. The highest BCUT2D eigenvalue weighted by molar-refractivity contribution is 7.15. The van der Waals surface area contributed by atoms with E-state index in [0.29, 0.717) is 21.9 Å². The predicted octanol–water partition coefficient (Wildman–Crippen LogP) is 4.83. The highest BCUT2D eigenvalue weighted by Gasteiger charge is 2.24. The smallest absolute Gasteiger partial charge is 0.341 e. The minimum atomic E-state index is -0.625. The molecule has 0 atom stereocenters. The number of non-ortho nitro benzene ring substituents is 1. The van der Waals surface area contributed by atoms with Crippen LogP contribution in [0.1, 0.15) is 22.8 Å². The van der Waals surface area contributed by atoms with E-state index < -0.39 is 16.8 Å². The zero-order valence-electron chi connectivity index (χ0n) is 16.9. The third-order valence-corrected chi connectivity index (χ3v) is 5.24. The lowest BCUT2D eigenvalue weighted by molar-refractivity contribution is -0.384. The second-order valence-corrected chi connectivity index (χ2v) is 7.36. The number of nitrogens with one attached hydrogen (secondary N) is 1. The van der Waals surface area contributed by atoms with Crippen LogP contribution in [0.2, 0.25) is 0 Å². The first kappa shape index (κ1) is 22.0. The number of nitro groups is 1. The molecular weight excluding hydrogens is 420 g/mol. The number of nitrogens with zero attached hydrogens (tertiary/aromatic N) is 1. The Morgan fingerprint density at radius 3 is 2.65 bits per heavy atom. The molecular formula is C22H20N2O6S. The highest BCUT2D eigenvalue weighted by atomic mass is 32.1. The number of ether oxygens (including phenoxy) is 2. The van der Waals surface area contributed by atoms with Crippen LogP contribution in [0, 0.1) is 17.0 Å². The highest BCUT2D eigenvalue weighted by Crippen LogP contribution is 2.37. The van der Waals surface area contributed by atoms with Crippen LogP contribution in [0.25, 0.3) is 11.1 Å². The zero-order chi connectivity index (χ0) is 22.4. The summed E-state index contributed by atoms with van der Waals surface area (Å²) in [6, 6.07) is 13.2. The number of hydrogen-bond acceptors (Lipinski definition) is 7. The fourth-order valence-corrected chi connectivity index (χ4v) is 3.85. The van der Waals surface area contributed by atoms with Crippen molar-refractivity contribution in [3.8, 4) is 16.9 Å². The van der Waals surface area contributed by atoms with E-state index in [9.17, 15) is 19.7 Å². The van der Waals surface area contributed by atoms with Gasteiger partial charge in [-0.2, -0.15) is 0 Å². The Bertz CT molecular complexity index is 1120. The molecule has 0 aliphatic rings. The molecule has 2 aromatic carbocycles. The van der Waals surface area contributed by atoms with Crippen LogP contribution >= 0.6 is 11.3 Å². The molecule has 160 valence electrons. The van der Waals surface area contributed by atoms with Crippen molar-refractivity contribution < 1.29 is 24.0 Å². The summed E-state index contributed by atoms with van der Waals surface area (Å²) in [5, 5.41) is 15.7. The van der Waals surface area contributed by atoms with E-state index in [1.54, 1.807) is 24.4 Å². The van der Waals surface area contributed by atoms with Crippen molar-refractivity contribution in [2.75, 3.05) is 18.5 Å². The Labute approximate surface area is 182 Å². The van der Waals surface area contributed by atoms with Crippen molar-refractivity contribution in [2.24, 2.45) is 0 Å². The summed E-state index contributed by atoms with van der Waals surface area (Å²) < 4.78 is 10.7. The van der Waals surface area contributed by atoms with Gasteiger partial charge in [0, 0.05) is 23.1 Å². The lowest BCUT2D eigenvalue weighted by Crippen LogP contribution is -2.21. The van der Waals surface area contributed by atoms with Crippen LogP contribution in [0.5, 0.6) is 5.75 Å². The zero-order valence-corrected chi connectivity index (χ0v) is 17.7. The lowest BCUT2D eigenvalue weighted by Gasteiger charge is -2.10. The molecule has 0 aliphatic heterocycles. The minimum Gasteiger partial charge on any atom is -0.483 e. The van der Waals surface area contributed by atoms with Gasteiger partial charge in [-0.25, -0.2) is 4.79 Å². The number of para-hydroxylation sites is 1. The monoisotopic (exact) mass is 440 g/mol. The van der Waals surface area contributed by atoms with Crippen molar-refractivity contribution in [3.63, 3.8) is 0 Å². The van der Waals surface area contributed by atoms with Gasteiger partial charge in [0.1, 0.15) is 16.3 Å². The molecule has 1 N–H and O–H groups in total. The summed E-state index contributed by atoms with van der Waals surface area (Å²) in [6.45, 7) is 3.45. The number of thiophene rings is 1. The number of carbonyl (C=O) groups is 2. The SMILES string of the molecule is CCOC(=O)c1c(-c2cccc([N+](=O)[O-])c2)csc1NC(=O)COc1ccccc1C. The van der Waals surface area contributed by atoms with Crippen LogP contribution < -0.4 is 10.1 Å². The Balaban J connectivity index is 1.86. The van der Waals surface area contributed by atoms with Crippen LogP contribution in [0.3, 0.4) is 0 Å². The van der Waals surface area contributed by atoms with E-state index >= 15 is 0 Å². The average molecular weight is 440 g/mol. The second kappa shape index (κ2) is 9.86. The lowest BCUT2D eigenvalue weighted by atomic mass is 10.0. The number of aryl methyl sites for hydroxylation is 1. The predicted molar refractivity (Wildman–Crippen MR) is 118 cm³/mol. The summed E-state index contributed by atoms with van der Waals surface area (Å²) in [6.07, 6.45) is 0. The molecule has 8 nitrogen and oxygen atoms in total. The fourth-order valence-electron chi connectivity index (χ4n) is 2.88. The van der Waals surface area contributed by atoms with Crippen molar-refractivity contribution in [1.82, 2.24) is 0 Å². The molecule has 9 heteroatoms. The van der Waals surface area contributed by atoms with Crippen LogP contribution in [0.4, 0.5) is 10.7 Å². The van der Waals surface area contributed by atoms with Crippen molar-refractivity contribution in [2.45, 2.75) is 13.8 Å². The van der Waals surface area contributed by atoms with E-state index in [0.717, 1.165) is 16.9 Å². The van der Waals surface area contributed by atoms with Crippen LogP contribution in [-0.2, 0) is 9.53 Å². The Kier molecular flexibility index (Phi) is 6.99. The maximum absolute atomic E-state index is 12.6. The number of hydrogen-bond donors (Lipinski definition) is 1. The van der Waals surface area contributed by atoms with Gasteiger partial charge in [0.25, 0.3) is 11.6 Å². The van der Waals surface area contributed by atoms with Gasteiger partial charge < -0.3 is 14.8 Å². The molecule has 1 amide bonds. The number of nitro benzene ring substituents is 1. The second-order valence-electron chi connectivity index (χ2n) is 6.48. The van der Waals surface area contributed by atoms with E-state index in [1.165, 1.54) is 18.2 Å². The van der Waals surface area contributed by atoms with Gasteiger partial charge in [-0.15, -0.1) is 11.3 Å². The molecule has 3 rings (SSSR count). The summed E-state index contributed by atoms with van der Waals surface area (Å²) in [4.78, 5) is 35.7. The molecule has 0 spiro atoms. The summed E-state index contributed by atoms with van der Waals surface area (Å²) in [7, 11) is 0. The molecule has 0 bridgehead atoms. The summed E-state index contributed by atoms with van der Waals surface area (Å²) in [5.41, 5.74) is 1.87. The molecule has 0 aliphatic carbocycles. The Morgan fingerprint density at radius 2 is 1.94 bits per heavy atom. The summed E-state index contributed by atoms with van der Waals surface area (Å²) in [5.74, 6) is -0.478. The maximum Gasteiger partial charge on any atom is 0.341 e. The van der Waals surface area contributed by atoms with Crippen LogP contribution in [0.15, 0.2) is 53.9 Å². The largest absolute Gasteiger partial charge is 0.483 e. The topological polar surface area (TPSA) is 108 Å². The fraction of sp³-hybridized carbons (Fsp3) is 0.182. The molecule has 31 heavy (non-hydrogen) atoms. The van der Waals surface area contributed by atoms with Gasteiger partial charge >= 0.3 is 5.97 Å². The molecule has 1 heterocycles. The first-order valence-electron chi connectivity index (χ1n) is 9.42. The van der Waals surface area contributed by atoms with Gasteiger partial charge in [-0.1, -0.05) is 30.3 Å². The Morgan fingerprint density at radius 1 is 1.16 bits per heavy atom. The van der Waals surface area contributed by atoms with Gasteiger partial charge in [0.15, 0.2) is 6.61 Å². The molecule has 0 fully saturated rings. The number of anilines is 1. The van der Waals surface area contributed by atoms with E-state index in [1.807, 2.05) is 25.1 Å². The number of carbonyl (C=O) groups excluding carboxylic acids is 2. The molecule has 3 aromatic rings. The molecule has 0 unspecified atom stereocenters. The van der Waals surface area contributed by atoms with Gasteiger partial charge in [-0.05, 0) is 31.0 Å². The molecule has 0 saturated carbocycles. The van der Waals surface area contributed by atoms with E-state index in [4.69, 9.17) is 9.47 Å². The first-order chi connectivity index (χ1) is 14.9. The van der Waals surface area contributed by atoms with Crippen molar-refractivity contribution >= 4 is 33.9 Å². The van der Waals surface area contributed by atoms with E-state index in [-0.39, 0.29) is 24.5 Å². The number of rotatable bonds is 8. The maximum atomic E-state index is 12.6. The van der Waals surface area contributed by atoms with Gasteiger partial charge in [-0.3, -0.25) is 14.9 Å². The minimum absolute atomic E-state index is 0.101. The van der Waals surface area contributed by atoms with Gasteiger partial charge in [0.2, 0.25) is 0 Å². The third kappa shape index (κ3) is 5.26. The van der Waals surface area contributed by atoms with Crippen LogP contribution in [-0.4, -0.2) is 30.0 Å². The Hall–Kier alpha value is -3.72. The third-order valence-electron chi connectivity index (χ3n) is 4.34. The van der Waals surface area contributed by atoms with Crippen molar-refractivity contribution in [1.29, 1.82) is 0 Å². The normalized spacial score (nSPS) is 10.4. The molecule has 1 aromatic heterocycles. The summed E-state index contributed by atoms with van der Waals surface area (Å²) >= 11 is 1.13. The standard InChI is InChI=1S/C22H20N2O6S/c1-3-29-22(26)20-17(15-8-6-9-16(11-15)24(27)28)13-31-21(20)23-19(25)12-30-18-10-5-4-7-14(18)2/h4-11,13H,3,12H2,1-2H3,(H,23,25). The number of amides is 1. The molecule has 0 radical (unpaired) electrons. The van der Waals surface area contributed by atoms with Crippen molar-refractivity contribution in [3.05, 3.63) is 75.2 Å². The number of benzene rings is 2. The van der Waals surface area contributed by atoms with Gasteiger partial charge in [0.05, 0.1) is 11.5 Å². The quantitative estimate of drug-likeness (QED) is 0.305. The van der Waals surface area contributed by atoms with E-state index in [2.05, 4.69) is 5.32 Å².